The van der Waals surface area contributed by atoms with Gasteiger partial charge in [0.1, 0.15) is 6.04 Å². The number of carbonyl (C=O) groups excluding carboxylic acids is 1. The average molecular weight is 551 g/mol. The van der Waals surface area contributed by atoms with Crippen molar-refractivity contribution in [2.24, 2.45) is 0 Å². The molecule has 176 valence electrons. The van der Waals surface area contributed by atoms with Crippen molar-refractivity contribution in [2.75, 3.05) is 31.1 Å². The first-order valence-corrected chi connectivity index (χ1v) is 12.4. The molecule has 1 aromatic heterocycles. The van der Waals surface area contributed by atoms with E-state index in [0.717, 1.165) is 41.9 Å². The number of fused-ring (bicyclic) bond motifs is 1. The predicted octanol–water partition coefficient (Wildman–Crippen LogP) is 5.31. The van der Waals surface area contributed by atoms with Gasteiger partial charge in [0.05, 0.1) is 16.9 Å². The lowest BCUT2D eigenvalue weighted by atomic mass is 10.2. The van der Waals surface area contributed by atoms with Gasteiger partial charge in [-0.15, -0.1) is 12.6 Å². The van der Waals surface area contributed by atoms with Crippen LogP contribution in [0.1, 0.15) is 24.1 Å². The van der Waals surface area contributed by atoms with E-state index in [1.54, 1.807) is 17.2 Å². The Morgan fingerprint density at radius 3 is 2.15 bits per heavy atom. The summed E-state index contributed by atoms with van der Waals surface area (Å²) in [6, 6.07) is 13.5. The first-order valence-electron chi connectivity index (χ1n) is 10.8. The number of aromatic nitrogens is 2. The standard InChI is InChI=1S/C13H12ClN3OS.C7H7Br.C4H10N2/c1-7-3-9(14)5-10(4-7)17-12(18)8(2)16-11(19)6-15-13(16)17;1-6-2-4-7(8)5-3-6;1-2-6-4-3-5-1/h3-6,8,19H,1-2H3;2-5H,1H3;5-6H,1-4H2. The van der Waals surface area contributed by atoms with Crippen molar-refractivity contribution in [1.82, 2.24) is 20.2 Å². The fourth-order valence-corrected chi connectivity index (χ4v) is 4.37. The quantitative estimate of drug-likeness (QED) is 0.360. The van der Waals surface area contributed by atoms with Crippen LogP contribution in [0.5, 0.6) is 0 Å². The van der Waals surface area contributed by atoms with E-state index >= 15 is 0 Å². The van der Waals surface area contributed by atoms with Crippen molar-refractivity contribution >= 4 is 57.7 Å². The SMILES string of the molecule is C1CNCCN1.Cc1cc(Cl)cc(N2C(=O)C(C)n3c(S)cnc32)c1.Cc1ccc(Br)cc1. The number of hydrogen-bond acceptors (Lipinski definition) is 5. The number of hydrogen-bond donors (Lipinski definition) is 3. The molecule has 1 atom stereocenters. The van der Waals surface area contributed by atoms with Gasteiger partial charge in [0.2, 0.25) is 5.95 Å². The summed E-state index contributed by atoms with van der Waals surface area (Å²) >= 11 is 13.7. The first-order chi connectivity index (χ1) is 15.8. The molecular formula is C24H29BrClN5OS. The Bertz CT molecular complexity index is 1030. The number of rotatable bonds is 1. The summed E-state index contributed by atoms with van der Waals surface area (Å²) in [6.45, 7) is 10.4. The number of anilines is 2. The van der Waals surface area contributed by atoms with Crippen LogP contribution in [-0.2, 0) is 4.79 Å². The first kappa shape index (κ1) is 25.8. The van der Waals surface area contributed by atoms with E-state index in [0.29, 0.717) is 16.0 Å². The molecule has 0 spiro atoms. The van der Waals surface area contributed by atoms with Crippen LogP contribution < -0.4 is 15.5 Å². The van der Waals surface area contributed by atoms with Crippen LogP contribution in [0.15, 0.2) is 58.2 Å². The van der Waals surface area contributed by atoms with Gasteiger partial charge >= 0.3 is 0 Å². The second-order valence-electron chi connectivity index (χ2n) is 7.92. The van der Waals surface area contributed by atoms with Crippen LogP contribution in [0.25, 0.3) is 0 Å². The molecule has 1 fully saturated rings. The second-order valence-corrected chi connectivity index (χ2v) is 9.73. The summed E-state index contributed by atoms with van der Waals surface area (Å²) < 4.78 is 2.95. The third-order valence-corrected chi connectivity index (χ3v) is 6.25. The van der Waals surface area contributed by atoms with Crippen LogP contribution in [0.2, 0.25) is 5.02 Å². The van der Waals surface area contributed by atoms with E-state index in [1.807, 2.05) is 42.7 Å². The molecule has 33 heavy (non-hydrogen) atoms. The van der Waals surface area contributed by atoms with Crippen LogP contribution in [0.3, 0.4) is 0 Å². The lowest BCUT2D eigenvalue weighted by molar-refractivity contribution is -0.119. The fourth-order valence-electron chi connectivity index (χ4n) is 3.50. The molecule has 0 saturated carbocycles. The van der Waals surface area contributed by atoms with E-state index in [1.165, 1.54) is 5.56 Å². The van der Waals surface area contributed by atoms with Crippen LogP contribution in [0.4, 0.5) is 11.6 Å². The molecular weight excluding hydrogens is 522 g/mol. The Balaban J connectivity index is 0.000000179. The van der Waals surface area contributed by atoms with E-state index < -0.39 is 0 Å². The topological polar surface area (TPSA) is 62.2 Å². The molecule has 3 heterocycles. The van der Waals surface area contributed by atoms with Crippen molar-refractivity contribution in [2.45, 2.75) is 31.8 Å². The summed E-state index contributed by atoms with van der Waals surface area (Å²) in [5.41, 5.74) is 3.03. The maximum atomic E-state index is 12.4. The molecule has 3 aromatic rings. The molecule has 1 saturated heterocycles. The lowest BCUT2D eigenvalue weighted by Crippen LogP contribution is -2.39. The predicted molar refractivity (Wildman–Crippen MR) is 142 cm³/mol. The number of amides is 1. The lowest BCUT2D eigenvalue weighted by Gasteiger charge is -2.15. The van der Waals surface area contributed by atoms with Gasteiger partial charge in [-0.3, -0.25) is 9.36 Å². The number of piperazine rings is 1. The van der Waals surface area contributed by atoms with Crippen molar-refractivity contribution in [1.29, 1.82) is 0 Å². The maximum Gasteiger partial charge on any atom is 0.256 e. The minimum Gasteiger partial charge on any atom is -0.314 e. The molecule has 1 unspecified atom stereocenters. The van der Waals surface area contributed by atoms with Gasteiger partial charge in [-0.05, 0) is 56.7 Å². The Morgan fingerprint density at radius 2 is 1.64 bits per heavy atom. The monoisotopic (exact) mass is 549 g/mol. The summed E-state index contributed by atoms with van der Waals surface area (Å²) in [5, 5.41) is 7.73. The number of thiol groups is 1. The highest BCUT2D eigenvalue weighted by Crippen LogP contribution is 2.38. The number of nitrogens with one attached hydrogen (secondary N) is 2. The molecule has 1 amide bonds. The third-order valence-electron chi connectivity index (χ3n) is 5.18. The summed E-state index contributed by atoms with van der Waals surface area (Å²) in [5.74, 6) is 0.559. The maximum absolute atomic E-state index is 12.4. The smallest absolute Gasteiger partial charge is 0.256 e. The summed E-state index contributed by atoms with van der Waals surface area (Å²) in [7, 11) is 0. The van der Waals surface area contributed by atoms with E-state index in [2.05, 4.69) is 63.2 Å². The zero-order chi connectivity index (χ0) is 24.0. The number of carbonyl (C=O) groups is 1. The summed E-state index contributed by atoms with van der Waals surface area (Å²) in [4.78, 5) is 18.2. The highest BCUT2D eigenvalue weighted by molar-refractivity contribution is 9.10. The van der Waals surface area contributed by atoms with Crippen molar-refractivity contribution < 1.29 is 4.79 Å². The highest BCUT2D eigenvalue weighted by atomic mass is 79.9. The van der Waals surface area contributed by atoms with Crippen LogP contribution >= 0.6 is 40.2 Å². The minimum atomic E-state index is -0.302. The van der Waals surface area contributed by atoms with Crippen molar-refractivity contribution in [3.05, 3.63) is 69.3 Å². The zero-order valence-corrected chi connectivity index (χ0v) is 22.2. The largest absolute Gasteiger partial charge is 0.314 e. The van der Waals surface area contributed by atoms with Gasteiger partial charge in [-0.1, -0.05) is 45.2 Å². The van der Waals surface area contributed by atoms with Crippen molar-refractivity contribution in [3.63, 3.8) is 0 Å². The molecule has 0 aliphatic carbocycles. The Hall–Kier alpha value is -1.84. The number of imidazole rings is 1. The van der Waals surface area contributed by atoms with Gasteiger partial charge in [-0.25, -0.2) is 9.88 Å². The minimum absolute atomic E-state index is 0.0277. The third kappa shape index (κ3) is 6.83. The van der Waals surface area contributed by atoms with Crippen LogP contribution in [-0.4, -0.2) is 41.6 Å². The van der Waals surface area contributed by atoms with E-state index in [9.17, 15) is 4.79 Å². The molecule has 0 bridgehead atoms. The van der Waals surface area contributed by atoms with E-state index in [-0.39, 0.29) is 11.9 Å². The summed E-state index contributed by atoms with van der Waals surface area (Å²) in [6.07, 6.45) is 1.64. The van der Waals surface area contributed by atoms with E-state index in [4.69, 9.17) is 11.6 Å². The molecule has 0 radical (unpaired) electrons. The normalized spacial score (nSPS) is 17.0. The van der Waals surface area contributed by atoms with Gasteiger partial charge in [-0.2, -0.15) is 0 Å². The molecule has 2 aliphatic heterocycles. The second kappa shape index (κ2) is 12.0. The van der Waals surface area contributed by atoms with Crippen molar-refractivity contribution in [3.8, 4) is 0 Å². The Morgan fingerprint density at radius 1 is 1.03 bits per heavy atom. The van der Waals surface area contributed by atoms with Gasteiger partial charge in [0.15, 0.2) is 0 Å². The van der Waals surface area contributed by atoms with Gasteiger partial charge < -0.3 is 10.6 Å². The molecule has 2 aliphatic rings. The molecule has 9 heteroatoms. The number of halogens is 2. The zero-order valence-electron chi connectivity index (χ0n) is 19.0. The number of aryl methyl sites for hydroxylation is 2. The average Bonchev–Trinajstić information content (AvgIpc) is 3.29. The Labute approximate surface area is 214 Å². The highest BCUT2D eigenvalue weighted by Gasteiger charge is 2.37. The number of nitrogens with zero attached hydrogens (tertiary/aromatic N) is 3. The van der Waals surface area contributed by atoms with Gasteiger partial charge in [0, 0.05) is 35.7 Å². The molecule has 5 rings (SSSR count). The van der Waals surface area contributed by atoms with Crippen LogP contribution in [0, 0.1) is 13.8 Å². The molecule has 2 N–H and O–H groups in total. The number of benzene rings is 2. The fraction of sp³-hybridized carbons (Fsp3) is 0.333. The Kier molecular flexibility index (Phi) is 9.40. The molecule has 6 nitrogen and oxygen atoms in total. The molecule has 2 aromatic carbocycles. The van der Waals surface area contributed by atoms with Gasteiger partial charge in [0.25, 0.3) is 5.91 Å².